The SMILES string of the molecule is FC(F)(F)CNCCC12CC3CC(CC(C3)C1)C2. The molecule has 0 aromatic heterocycles. The number of rotatable bonds is 4. The summed E-state index contributed by atoms with van der Waals surface area (Å²) in [6.07, 6.45) is 4.93. The molecule has 4 rings (SSSR count). The highest BCUT2D eigenvalue weighted by Gasteiger charge is 2.50. The van der Waals surface area contributed by atoms with Crippen molar-refractivity contribution in [1.29, 1.82) is 0 Å². The van der Waals surface area contributed by atoms with Crippen molar-refractivity contribution >= 4 is 0 Å². The normalized spacial score (nSPS) is 42.5. The van der Waals surface area contributed by atoms with Crippen molar-refractivity contribution in [3.05, 3.63) is 0 Å². The number of hydrogen-bond donors (Lipinski definition) is 1. The van der Waals surface area contributed by atoms with Crippen molar-refractivity contribution in [2.45, 2.75) is 51.1 Å². The fourth-order valence-electron chi connectivity index (χ4n) is 5.18. The summed E-state index contributed by atoms with van der Waals surface area (Å²) >= 11 is 0. The minimum Gasteiger partial charge on any atom is -0.309 e. The van der Waals surface area contributed by atoms with Crippen LogP contribution in [0.5, 0.6) is 0 Å². The zero-order chi connectivity index (χ0) is 12.8. The standard InChI is InChI=1S/C14H22F3N/c15-14(16,17)9-18-2-1-13-6-10-3-11(7-13)5-12(4-10)8-13/h10-12,18H,1-9H2. The second-order valence-electron chi connectivity index (χ2n) is 6.96. The average molecular weight is 261 g/mol. The van der Waals surface area contributed by atoms with Gasteiger partial charge in [0.05, 0.1) is 6.54 Å². The molecule has 104 valence electrons. The largest absolute Gasteiger partial charge is 0.401 e. The van der Waals surface area contributed by atoms with Crippen LogP contribution < -0.4 is 5.32 Å². The molecule has 0 spiro atoms. The van der Waals surface area contributed by atoms with Crippen LogP contribution in [0.2, 0.25) is 0 Å². The Labute approximate surface area is 107 Å². The molecular weight excluding hydrogens is 239 g/mol. The Morgan fingerprint density at radius 1 is 0.944 bits per heavy atom. The minimum absolute atomic E-state index is 0.396. The third-order valence-corrected chi connectivity index (χ3v) is 5.32. The summed E-state index contributed by atoms with van der Waals surface area (Å²) in [6.45, 7) is -0.301. The monoisotopic (exact) mass is 261 g/mol. The molecule has 0 aromatic carbocycles. The lowest BCUT2D eigenvalue weighted by Crippen LogP contribution is -2.47. The van der Waals surface area contributed by atoms with Gasteiger partial charge in [-0.2, -0.15) is 13.2 Å². The van der Waals surface area contributed by atoms with E-state index in [4.69, 9.17) is 0 Å². The molecule has 4 fully saturated rings. The summed E-state index contributed by atoms with van der Waals surface area (Å²) in [7, 11) is 0. The lowest BCUT2D eigenvalue weighted by atomic mass is 9.49. The maximum atomic E-state index is 12.1. The number of hydrogen-bond acceptors (Lipinski definition) is 1. The predicted octanol–water partition coefficient (Wildman–Crippen LogP) is 3.74. The van der Waals surface area contributed by atoms with Gasteiger partial charge in [-0.3, -0.25) is 0 Å². The minimum atomic E-state index is -4.07. The molecule has 0 amide bonds. The average Bonchev–Trinajstić information content (AvgIpc) is 2.21. The second-order valence-corrected chi connectivity index (χ2v) is 6.96. The van der Waals surface area contributed by atoms with Crippen LogP contribution in [0.3, 0.4) is 0 Å². The van der Waals surface area contributed by atoms with Gasteiger partial charge in [0.2, 0.25) is 0 Å². The van der Waals surface area contributed by atoms with Gasteiger partial charge in [-0.1, -0.05) is 0 Å². The summed E-state index contributed by atoms with van der Waals surface area (Å²) in [5.74, 6) is 2.66. The van der Waals surface area contributed by atoms with E-state index in [2.05, 4.69) is 5.32 Å². The van der Waals surface area contributed by atoms with Crippen LogP contribution in [0.4, 0.5) is 13.2 Å². The van der Waals surface area contributed by atoms with Crippen LogP contribution in [0.15, 0.2) is 0 Å². The fourth-order valence-corrected chi connectivity index (χ4v) is 5.18. The van der Waals surface area contributed by atoms with Gasteiger partial charge < -0.3 is 5.32 Å². The first kappa shape index (κ1) is 12.8. The third-order valence-electron chi connectivity index (χ3n) is 5.32. The van der Waals surface area contributed by atoms with Crippen molar-refractivity contribution in [3.63, 3.8) is 0 Å². The summed E-state index contributed by atoms with van der Waals surface area (Å²) < 4.78 is 36.2. The van der Waals surface area contributed by atoms with Crippen molar-refractivity contribution in [1.82, 2.24) is 5.32 Å². The van der Waals surface area contributed by atoms with E-state index in [0.29, 0.717) is 12.0 Å². The van der Waals surface area contributed by atoms with Gasteiger partial charge in [0.1, 0.15) is 0 Å². The van der Waals surface area contributed by atoms with E-state index in [-0.39, 0.29) is 0 Å². The highest BCUT2D eigenvalue weighted by molar-refractivity contribution is 5.01. The van der Waals surface area contributed by atoms with Gasteiger partial charge in [0.15, 0.2) is 0 Å². The molecule has 0 unspecified atom stereocenters. The van der Waals surface area contributed by atoms with Crippen LogP contribution in [-0.4, -0.2) is 19.3 Å². The third kappa shape index (κ3) is 2.68. The Hall–Kier alpha value is -0.250. The zero-order valence-electron chi connectivity index (χ0n) is 10.7. The highest BCUT2D eigenvalue weighted by atomic mass is 19.4. The van der Waals surface area contributed by atoms with E-state index >= 15 is 0 Å². The van der Waals surface area contributed by atoms with E-state index in [1.54, 1.807) is 0 Å². The van der Waals surface area contributed by atoms with Crippen molar-refractivity contribution in [2.75, 3.05) is 13.1 Å². The maximum Gasteiger partial charge on any atom is 0.401 e. The van der Waals surface area contributed by atoms with Gasteiger partial charge in [-0.25, -0.2) is 0 Å². The van der Waals surface area contributed by atoms with E-state index in [1.807, 2.05) is 0 Å². The highest BCUT2D eigenvalue weighted by Crippen LogP contribution is 2.61. The molecule has 4 saturated carbocycles. The molecule has 4 aliphatic carbocycles. The van der Waals surface area contributed by atoms with Gasteiger partial charge in [-0.15, -0.1) is 0 Å². The van der Waals surface area contributed by atoms with E-state index in [1.165, 1.54) is 38.5 Å². The van der Waals surface area contributed by atoms with Gasteiger partial charge in [0.25, 0.3) is 0 Å². The first-order valence-corrected chi connectivity index (χ1v) is 7.22. The van der Waals surface area contributed by atoms with E-state index < -0.39 is 12.7 Å². The number of alkyl halides is 3. The van der Waals surface area contributed by atoms with E-state index in [0.717, 1.165) is 24.2 Å². The number of nitrogens with one attached hydrogen (secondary N) is 1. The molecular formula is C14H22F3N. The van der Waals surface area contributed by atoms with Crippen molar-refractivity contribution < 1.29 is 13.2 Å². The van der Waals surface area contributed by atoms with Crippen LogP contribution in [0, 0.1) is 23.2 Å². The van der Waals surface area contributed by atoms with Crippen LogP contribution in [0.1, 0.15) is 44.9 Å². The summed E-state index contributed by atoms with van der Waals surface area (Å²) in [4.78, 5) is 0. The summed E-state index contributed by atoms with van der Waals surface area (Å²) in [5.41, 5.74) is 0.396. The summed E-state index contributed by atoms with van der Waals surface area (Å²) in [5, 5.41) is 2.58. The van der Waals surface area contributed by atoms with Crippen LogP contribution >= 0.6 is 0 Å². The van der Waals surface area contributed by atoms with Crippen molar-refractivity contribution in [2.24, 2.45) is 23.2 Å². The first-order valence-electron chi connectivity index (χ1n) is 7.22. The Balaban J connectivity index is 1.50. The lowest BCUT2D eigenvalue weighted by Gasteiger charge is -2.57. The molecule has 0 radical (unpaired) electrons. The Kier molecular flexibility index (Phi) is 3.12. The molecule has 0 aliphatic heterocycles. The van der Waals surface area contributed by atoms with Gasteiger partial charge in [-0.05, 0) is 74.7 Å². The maximum absolute atomic E-state index is 12.1. The Bertz CT molecular complexity index is 275. The van der Waals surface area contributed by atoms with E-state index in [9.17, 15) is 13.2 Å². The molecule has 4 bridgehead atoms. The topological polar surface area (TPSA) is 12.0 Å². The molecule has 18 heavy (non-hydrogen) atoms. The molecule has 0 saturated heterocycles. The molecule has 0 heterocycles. The molecule has 4 aliphatic rings. The van der Waals surface area contributed by atoms with Crippen LogP contribution in [0.25, 0.3) is 0 Å². The Morgan fingerprint density at radius 2 is 1.44 bits per heavy atom. The van der Waals surface area contributed by atoms with Crippen LogP contribution in [-0.2, 0) is 0 Å². The van der Waals surface area contributed by atoms with Gasteiger partial charge >= 0.3 is 6.18 Å². The lowest BCUT2D eigenvalue weighted by molar-refractivity contribution is -0.125. The number of halogens is 3. The second kappa shape index (κ2) is 4.39. The molecule has 1 N–H and O–H groups in total. The molecule has 0 atom stereocenters. The quantitative estimate of drug-likeness (QED) is 0.760. The fraction of sp³-hybridized carbons (Fsp3) is 1.00. The smallest absolute Gasteiger partial charge is 0.309 e. The first-order chi connectivity index (χ1) is 8.44. The van der Waals surface area contributed by atoms with Crippen molar-refractivity contribution in [3.8, 4) is 0 Å². The predicted molar refractivity (Wildman–Crippen MR) is 64.1 cm³/mol. The molecule has 4 heteroatoms. The molecule has 1 nitrogen and oxygen atoms in total. The molecule has 0 aromatic rings. The Morgan fingerprint density at radius 3 is 1.89 bits per heavy atom. The van der Waals surface area contributed by atoms with Gasteiger partial charge in [0, 0.05) is 0 Å². The summed E-state index contributed by atoms with van der Waals surface area (Å²) in [6, 6.07) is 0. The zero-order valence-corrected chi connectivity index (χ0v) is 10.7.